The predicted octanol–water partition coefficient (Wildman–Crippen LogP) is 15.4. The van der Waals surface area contributed by atoms with Gasteiger partial charge in [0.2, 0.25) is 5.95 Å². The molecule has 306 valence electrons. The summed E-state index contributed by atoms with van der Waals surface area (Å²) in [6.45, 7) is 4.80. The summed E-state index contributed by atoms with van der Waals surface area (Å²) in [6.07, 6.45) is 7.23. The second-order valence-electron chi connectivity index (χ2n) is 18.5. The summed E-state index contributed by atoms with van der Waals surface area (Å²) in [5, 5.41) is 10.8. The molecule has 3 aromatic heterocycles. The van der Waals surface area contributed by atoms with E-state index in [1.165, 1.54) is 76.4 Å². The SMILES string of the molecule is CC1(C)c2ccccc2C2C=CC(c3nc(-n4c5ccccc5c5c6ccccc6c(-c6cc7c(c8ccccc68)c6ccccc6n7-c6ccccc6)cc54)nc4ccccc34)=CC21. The molecule has 2 unspecified atom stereocenters. The predicted molar refractivity (Wildman–Crippen MR) is 271 cm³/mol. The summed E-state index contributed by atoms with van der Waals surface area (Å²) in [6, 6.07) is 68.6. The molecular formula is C61H42N4. The van der Waals surface area contributed by atoms with E-state index in [1.54, 1.807) is 0 Å². The van der Waals surface area contributed by atoms with Crippen molar-refractivity contribution in [3.8, 4) is 22.8 Å². The van der Waals surface area contributed by atoms with Crippen LogP contribution in [0.25, 0.3) is 104 Å². The van der Waals surface area contributed by atoms with Crippen molar-refractivity contribution in [2.75, 3.05) is 0 Å². The van der Waals surface area contributed by atoms with Crippen LogP contribution in [-0.2, 0) is 5.41 Å². The van der Waals surface area contributed by atoms with Gasteiger partial charge in [-0.05, 0) is 103 Å². The number of fused-ring (bicyclic) bond motifs is 14. The highest BCUT2D eigenvalue weighted by Crippen LogP contribution is 2.54. The summed E-state index contributed by atoms with van der Waals surface area (Å²) in [4.78, 5) is 11.1. The van der Waals surface area contributed by atoms with Crippen LogP contribution < -0.4 is 0 Å². The molecule has 12 aromatic rings. The molecule has 9 aromatic carbocycles. The van der Waals surface area contributed by atoms with Gasteiger partial charge in [-0.2, -0.15) is 0 Å². The smallest absolute Gasteiger partial charge is 0.235 e. The largest absolute Gasteiger partial charge is 0.309 e. The lowest BCUT2D eigenvalue weighted by Crippen LogP contribution is -2.25. The number of aromatic nitrogens is 4. The number of benzene rings is 9. The fourth-order valence-electron chi connectivity index (χ4n) is 11.9. The Bertz CT molecular complexity index is 4050. The Morgan fingerprint density at radius 1 is 0.462 bits per heavy atom. The van der Waals surface area contributed by atoms with Gasteiger partial charge in [-0.25, -0.2) is 9.97 Å². The van der Waals surface area contributed by atoms with Crippen molar-refractivity contribution in [2.24, 2.45) is 5.92 Å². The van der Waals surface area contributed by atoms with Crippen LogP contribution in [0.4, 0.5) is 0 Å². The Labute approximate surface area is 376 Å². The molecule has 3 heterocycles. The highest BCUT2D eigenvalue weighted by molar-refractivity contribution is 6.28. The molecule has 2 atom stereocenters. The average Bonchev–Trinajstić information content (AvgIpc) is 3.96. The minimum Gasteiger partial charge on any atom is -0.309 e. The molecule has 2 aliphatic carbocycles. The maximum atomic E-state index is 5.65. The number of hydrogen-bond acceptors (Lipinski definition) is 2. The van der Waals surface area contributed by atoms with Crippen LogP contribution in [0.15, 0.2) is 206 Å². The molecule has 0 fully saturated rings. The molecule has 65 heavy (non-hydrogen) atoms. The summed E-state index contributed by atoms with van der Waals surface area (Å²) in [7, 11) is 0. The van der Waals surface area contributed by atoms with E-state index in [0.717, 1.165) is 38.9 Å². The van der Waals surface area contributed by atoms with E-state index in [1.807, 2.05) is 0 Å². The number of nitrogens with zero attached hydrogens (tertiary/aromatic N) is 4. The Morgan fingerprint density at radius 3 is 1.66 bits per heavy atom. The Kier molecular flexibility index (Phi) is 7.54. The van der Waals surface area contributed by atoms with Crippen LogP contribution in [0.5, 0.6) is 0 Å². The summed E-state index contributed by atoms with van der Waals surface area (Å²) in [5.41, 5.74) is 13.9. The van der Waals surface area contributed by atoms with E-state index in [4.69, 9.17) is 9.97 Å². The van der Waals surface area contributed by atoms with Gasteiger partial charge < -0.3 is 4.57 Å². The van der Waals surface area contributed by atoms with Crippen LogP contribution >= 0.6 is 0 Å². The van der Waals surface area contributed by atoms with Gasteiger partial charge in [0.05, 0.1) is 33.3 Å². The first-order valence-corrected chi connectivity index (χ1v) is 22.8. The second-order valence-corrected chi connectivity index (χ2v) is 18.5. The lowest BCUT2D eigenvalue weighted by atomic mass is 9.73. The molecule has 0 aliphatic heterocycles. The van der Waals surface area contributed by atoms with Crippen molar-refractivity contribution in [1.82, 2.24) is 19.1 Å². The quantitative estimate of drug-likeness (QED) is 0.177. The standard InChI is InChI=1S/C61H42N4/c1-61(2)50-28-14-10-22-41(50)42-33-32-37(34-51(42)61)59-45-25-11-15-29-52(45)62-60(63-59)65-54-31-17-13-27-47(54)58-44-24-9-7-21-40(44)49(36-56(58)65)48-35-55-57(43-23-8-6-20-39(43)48)46-26-12-16-30-53(46)64(55)38-18-4-3-5-19-38/h3-36,42,51H,1-2H3. The van der Waals surface area contributed by atoms with Gasteiger partial charge in [-0.15, -0.1) is 0 Å². The van der Waals surface area contributed by atoms with Crippen LogP contribution in [-0.4, -0.2) is 19.1 Å². The highest BCUT2D eigenvalue weighted by Gasteiger charge is 2.45. The van der Waals surface area contributed by atoms with Gasteiger partial charge in [0.15, 0.2) is 0 Å². The Hall–Kier alpha value is -8.08. The lowest BCUT2D eigenvalue weighted by molar-refractivity contribution is 0.395. The highest BCUT2D eigenvalue weighted by atomic mass is 15.2. The van der Waals surface area contributed by atoms with E-state index in [-0.39, 0.29) is 5.41 Å². The number of allylic oxidation sites excluding steroid dienone is 4. The molecule has 0 N–H and O–H groups in total. The van der Waals surface area contributed by atoms with E-state index in [0.29, 0.717) is 17.8 Å². The minimum absolute atomic E-state index is 0.0180. The molecule has 2 aliphatic rings. The molecule has 14 rings (SSSR count). The maximum absolute atomic E-state index is 5.65. The van der Waals surface area contributed by atoms with E-state index in [2.05, 4.69) is 229 Å². The van der Waals surface area contributed by atoms with Gasteiger partial charge in [-0.1, -0.05) is 178 Å². The zero-order valence-corrected chi connectivity index (χ0v) is 36.1. The third kappa shape index (κ3) is 5.08. The monoisotopic (exact) mass is 830 g/mol. The van der Waals surface area contributed by atoms with Crippen molar-refractivity contribution in [1.29, 1.82) is 0 Å². The first-order valence-electron chi connectivity index (χ1n) is 22.8. The number of rotatable bonds is 4. The molecule has 4 nitrogen and oxygen atoms in total. The molecule has 0 bridgehead atoms. The number of para-hydroxylation sites is 4. The topological polar surface area (TPSA) is 35.6 Å². The van der Waals surface area contributed by atoms with Crippen LogP contribution in [0.3, 0.4) is 0 Å². The van der Waals surface area contributed by atoms with Gasteiger partial charge in [0.25, 0.3) is 0 Å². The van der Waals surface area contributed by atoms with Crippen molar-refractivity contribution in [3.63, 3.8) is 0 Å². The Morgan fingerprint density at radius 2 is 0.985 bits per heavy atom. The molecule has 0 saturated heterocycles. The molecular weight excluding hydrogens is 789 g/mol. The molecule has 0 amide bonds. The van der Waals surface area contributed by atoms with Crippen LogP contribution in [0, 0.1) is 5.92 Å². The van der Waals surface area contributed by atoms with Crippen molar-refractivity contribution < 1.29 is 0 Å². The van der Waals surface area contributed by atoms with Gasteiger partial charge >= 0.3 is 0 Å². The molecule has 0 saturated carbocycles. The van der Waals surface area contributed by atoms with Gasteiger partial charge in [0.1, 0.15) is 0 Å². The van der Waals surface area contributed by atoms with Crippen LogP contribution in [0.2, 0.25) is 0 Å². The fraction of sp³-hybridized carbons (Fsp3) is 0.0820. The normalized spacial score (nSPS) is 16.6. The summed E-state index contributed by atoms with van der Waals surface area (Å²) in [5.74, 6) is 1.32. The maximum Gasteiger partial charge on any atom is 0.235 e. The summed E-state index contributed by atoms with van der Waals surface area (Å²) < 4.78 is 4.76. The first-order chi connectivity index (χ1) is 32.0. The molecule has 0 radical (unpaired) electrons. The average molecular weight is 831 g/mol. The van der Waals surface area contributed by atoms with E-state index >= 15 is 0 Å². The molecule has 4 heteroatoms. The van der Waals surface area contributed by atoms with Gasteiger partial charge in [-0.3, -0.25) is 4.57 Å². The third-order valence-corrected chi connectivity index (χ3v) is 14.8. The number of hydrogen-bond donors (Lipinski definition) is 0. The van der Waals surface area contributed by atoms with Crippen molar-refractivity contribution >= 4 is 81.6 Å². The third-order valence-electron chi connectivity index (χ3n) is 14.8. The van der Waals surface area contributed by atoms with Gasteiger partial charge in [0, 0.05) is 38.5 Å². The minimum atomic E-state index is -0.0180. The fourth-order valence-corrected chi connectivity index (χ4v) is 11.9. The zero-order chi connectivity index (χ0) is 43.0. The van der Waals surface area contributed by atoms with Crippen molar-refractivity contribution in [3.05, 3.63) is 223 Å². The lowest BCUT2D eigenvalue weighted by Gasteiger charge is -2.31. The second kappa shape index (κ2) is 13.5. The molecule has 0 spiro atoms. The Balaban J connectivity index is 1.06. The first kappa shape index (κ1) is 36.4. The summed E-state index contributed by atoms with van der Waals surface area (Å²) >= 11 is 0. The van der Waals surface area contributed by atoms with E-state index < -0.39 is 0 Å². The van der Waals surface area contributed by atoms with E-state index in [9.17, 15) is 0 Å². The van der Waals surface area contributed by atoms with Crippen LogP contribution in [0.1, 0.15) is 36.6 Å². The van der Waals surface area contributed by atoms with Crippen molar-refractivity contribution in [2.45, 2.75) is 25.2 Å². The zero-order valence-electron chi connectivity index (χ0n) is 36.1.